The summed E-state index contributed by atoms with van der Waals surface area (Å²) in [5.41, 5.74) is -0.931. The van der Waals surface area contributed by atoms with Crippen molar-refractivity contribution in [3.05, 3.63) is 59.2 Å². The maximum Gasteiger partial charge on any atom is 0.417 e. The van der Waals surface area contributed by atoms with Gasteiger partial charge in [-0.1, -0.05) is 6.07 Å². The lowest BCUT2D eigenvalue weighted by Crippen LogP contribution is -2.38. The molecular weight excluding hydrogens is 407 g/mol. The molecule has 2 aromatic rings. The highest BCUT2D eigenvalue weighted by Gasteiger charge is 2.37. The van der Waals surface area contributed by atoms with Gasteiger partial charge in [-0.15, -0.1) is 0 Å². The van der Waals surface area contributed by atoms with Gasteiger partial charge < -0.3 is 9.64 Å². The molecule has 2 aromatic carbocycles. The number of morpholine rings is 1. The van der Waals surface area contributed by atoms with Gasteiger partial charge in [-0.25, -0.2) is 22.3 Å². The largest absolute Gasteiger partial charge is 0.417 e. The highest BCUT2D eigenvalue weighted by Crippen LogP contribution is 2.37. The van der Waals surface area contributed by atoms with Gasteiger partial charge >= 0.3 is 6.18 Å². The molecule has 1 heterocycles. The number of hydrogen-bond acceptors (Lipinski definition) is 4. The molecule has 28 heavy (non-hydrogen) atoms. The van der Waals surface area contributed by atoms with E-state index in [1.807, 2.05) is 0 Å². The van der Waals surface area contributed by atoms with Crippen molar-refractivity contribution in [3.63, 3.8) is 0 Å². The summed E-state index contributed by atoms with van der Waals surface area (Å²) in [6.45, 7) is 0.422. The van der Waals surface area contributed by atoms with E-state index in [2.05, 4.69) is 0 Å². The second-order valence-electron chi connectivity index (χ2n) is 6.20. The van der Waals surface area contributed by atoms with Gasteiger partial charge in [0, 0.05) is 18.8 Å². The van der Waals surface area contributed by atoms with E-state index in [1.165, 1.54) is 17.0 Å². The molecule has 1 aliphatic rings. The third-order valence-corrected chi connectivity index (χ3v) is 5.29. The number of nitrogens with two attached hydrogens (primary N) is 1. The number of anilines is 1. The summed E-state index contributed by atoms with van der Waals surface area (Å²) < 4.78 is 94.9. The lowest BCUT2D eigenvalue weighted by Gasteiger charge is -2.35. The van der Waals surface area contributed by atoms with E-state index in [0.29, 0.717) is 11.6 Å². The molecule has 1 atom stereocenters. The number of rotatable bonds is 3. The highest BCUT2D eigenvalue weighted by atomic mass is 32.2. The average molecular weight is 422 g/mol. The quantitative estimate of drug-likeness (QED) is 0.772. The summed E-state index contributed by atoms with van der Waals surface area (Å²) in [6, 6.07) is 5.95. The van der Waals surface area contributed by atoms with Crippen molar-refractivity contribution in [2.75, 3.05) is 24.6 Å². The van der Waals surface area contributed by atoms with Crippen molar-refractivity contribution >= 4 is 15.7 Å². The lowest BCUT2D eigenvalue weighted by atomic mass is 10.1. The zero-order valence-corrected chi connectivity index (χ0v) is 15.0. The number of ether oxygens (including phenoxy) is 1. The topological polar surface area (TPSA) is 72.6 Å². The first-order chi connectivity index (χ1) is 13.0. The minimum absolute atomic E-state index is 0.0666. The van der Waals surface area contributed by atoms with Gasteiger partial charge in [0.05, 0.1) is 17.1 Å². The summed E-state index contributed by atoms with van der Waals surface area (Å²) in [6.07, 6.45) is -5.63. The highest BCUT2D eigenvalue weighted by molar-refractivity contribution is 7.89. The Labute approximate surface area is 157 Å². The fraction of sp³-hybridized carbons (Fsp3) is 0.294. The van der Waals surface area contributed by atoms with Crippen molar-refractivity contribution in [3.8, 4) is 0 Å². The maximum absolute atomic E-state index is 13.5. The Morgan fingerprint density at radius 2 is 1.79 bits per heavy atom. The SMILES string of the molecule is NS(=O)(=O)c1ccc(N2CCOC(c3ccc(F)c(F)c3)C2)cc1C(F)(F)F. The molecule has 5 nitrogen and oxygen atoms in total. The van der Waals surface area contributed by atoms with Crippen LogP contribution >= 0.6 is 0 Å². The molecule has 2 N–H and O–H groups in total. The number of halogens is 5. The molecular formula is C17H15F5N2O3S. The minimum Gasteiger partial charge on any atom is -0.370 e. The van der Waals surface area contributed by atoms with Crippen LogP contribution in [0, 0.1) is 11.6 Å². The Morgan fingerprint density at radius 3 is 2.39 bits per heavy atom. The van der Waals surface area contributed by atoms with Gasteiger partial charge in [-0.3, -0.25) is 0 Å². The number of benzene rings is 2. The standard InChI is InChI=1S/C17H15F5N2O3S/c18-13-3-1-10(7-14(13)19)15-9-24(5-6-27-15)11-2-4-16(28(23,25)26)12(8-11)17(20,21)22/h1-4,7-8,15H,5-6,9H2,(H2,23,25,26). The molecule has 1 aliphatic heterocycles. The molecule has 0 bridgehead atoms. The maximum atomic E-state index is 13.5. The van der Waals surface area contributed by atoms with Crippen LogP contribution in [0.25, 0.3) is 0 Å². The first kappa shape index (κ1) is 20.5. The molecule has 0 aromatic heterocycles. The number of primary sulfonamides is 1. The summed E-state index contributed by atoms with van der Waals surface area (Å²) in [4.78, 5) is 0.520. The van der Waals surface area contributed by atoms with Crippen LogP contribution in [0.5, 0.6) is 0 Å². The molecule has 0 radical (unpaired) electrons. The normalized spacial score (nSPS) is 18.4. The van der Waals surface area contributed by atoms with E-state index in [1.54, 1.807) is 0 Å². The van der Waals surface area contributed by atoms with E-state index in [9.17, 15) is 30.4 Å². The van der Waals surface area contributed by atoms with Gasteiger partial charge in [0.25, 0.3) is 0 Å². The molecule has 1 saturated heterocycles. The smallest absolute Gasteiger partial charge is 0.370 e. The van der Waals surface area contributed by atoms with E-state index < -0.39 is 44.4 Å². The van der Waals surface area contributed by atoms with Crippen LogP contribution in [-0.4, -0.2) is 28.1 Å². The average Bonchev–Trinajstić information content (AvgIpc) is 2.62. The molecule has 0 spiro atoms. The molecule has 1 fully saturated rings. The predicted octanol–water partition coefficient (Wildman–Crippen LogP) is 3.21. The third-order valence-electron chi connectivity index (χ3n) is 4.32. The molecule has 0 amide bonds. The summed E-state index contributed by atoms with van der Waals surface area (Å²) in [5.74, 6) is -2.08. The van der Waals surface area contributed by atoms with Gasteiger partial charge in [-0.05, 0) is 35.9 Å². The zero-order valence-electron chi connectivity index (χ0n) is 14.2. The van der Waals surface area contributed by atoms with E-state index in [0.717, 1.165) is 18.2 Å². The summed E-state index contributed by atoms with van der Waals surface area (Å²) in [7, 11) is -4.57. The molecule has 152 valence electrons. The van der Waals surface area contributed by atoms with Crippen LogP contribution in [0.1, 0.15) is 17.2 Å². The van der Waals surface area contributed by atoms with Crippen molar-refractivity contribution in [1.82, 2.24) is 0 Å². The zero-order chi connectivity index (χ0) is 20.7. The second kappa shape index (κ2) is 7.30. The molecule has 0 aliphatic carbocycles. The Bertz CT molecular complexity index is 995. The Kier molecular flexibility index (Phi) is 5.34. The number of sulfonamides is 1. The monoisotopic (exact) mass is 422 g/mol. The van der Waals surface area contributed by atoms with Crippen molar-refractivity contribution < 1.29 is 35.1 Å². The van der Waals surface area contributed by atoms with Crippen molar-refractivity contribution in [2.24, 2.45) is 5.14 Å². The summed E-state index contributed by atoms with van der Waals surface area (Å²) >= 11 is 0. The van der Waals surface area contributed by atoms with E-state index in [4.69, 9.17) is 9.88 Å². The van der Waals surface area contributed by atoms with Crippen LogP contribution in [0.15, 0.2) is 41.3 Å². The first-order valence-electron chi connectivity index (χ1n) is 8.02. The third kappa shape index (κ3) is 4.26. The first-order valence-corrected chi connectivity index (χ1v) is 9.57. The van der Waals surface area contributed by atoms with Crippen LogP contribution in [-0.2, 0) is 20.9 Å². The lowest BCUT2D eigenvalue weighted by molar-refractivity contribution is -0.139. The fourth-order valence-corrected chi connectivity index (χ4v) is 3.72. The van der Waals surface area contributed by atoms with Gasteiger partial charge in [-0.2, -0.15) is 13.2 Å². The molecule has 0 saturated carbocycles. The fourth-order valence-electron chi connectivity index (χ4n) is 2.98. The van der Waals surface area contributed by atoms with Gasteiger partial charge in [0.2, 0.25) is 10.0 Å². The van der Waals surface area contributed by atoms with Crippen LogP contribution in [0.2, 0.25) is 0 Å². The van der Waals surface area contributed by atoms with Crippen LogP contribution in [0.3, 0.4) is 0 Å². The second-order valence-corrected chi connectivity index (χ2v) is 7.73. The van der Waals surface area contributed by atoms with E-state index in [-0.39, 0.29) is 25.4 Å². The Morgan fingerprint density at radius 1 is 1.07 bits per heavy atom. The minimum atomic E-state index is -4.93. The van der Waals surface area contributed by atoms with Crippen LogP contribution in [0.4, 0.5) is 27.6 Å². The molecule has 3 rings (SSSR count). The van der Waals surface area contributed by atoms with Gasteiger partial charge in [0.1, 0.15) is 6.10 Å². The predicted molar refractivity (Wildman–Crippen MR) is 90.1 cm³/mol. The summed E-state index contributed by atoms with van der Waals surface area (Å²) in [5, 5.41) is 4.88. The number of hydrogen-bond donors (Lipinski definition) is 1. The number of nitrogens with zero attached hydrogens (tertiary/aromatic N) is 1. The molecule has 11 heteroatoms. The number of alkyl halides is 3. The van der Waals surface area contributed by atoms with Crippen molar-refractivity contribution in [2.45, 2.75) is 17.2 Å². The van der Waals surface area contributed by atoms with Gasteiger partial charge in [0.15, 0.2) is 11.6 Å². The van der Waals surface area contributed by atoms with Crippen molar-refractivity contribution in [1.29, 1.82) is 0 Å². The van der Waals surface area contributed by atoms with Crippen LogP contribution < -0.4 is 10.0 Å². The molecule has 1 unspecified atom stereocenters. The van der Waals surface area contributed by atoms with E-state index >= 15 is 0 Å². The Hall–Kier alpha value is -2.24. The Balaban J connectivity index is 1.93.